The molecule has 0 aliphatic carbocycles. The van der Waals surface area contributed by atoms with Crippen LogP contribution in [-0.4, -0.2) is 48.0 Å². The molecule has 2 amide bonds. The first kappa shape index (κ1) is 15.9. The quantitative estimate of drug-likeness (QED) is 0.766. The molecular weight excluding hydrogens is 319 g/mol. The summed E-state index contributed by atoms with van der Waals surface area (Å²) in [5.41, 5.74) is 0.0737. The SMILES string of the molecule is CN(CC(CO)CO)C(=O)Nc1ccc(Br)cc1F. The maximum absolute atomic E-state index is 13.5. The molecule has 0 spiro atoms. The molecule has 0 aromatic heterocycles. The molecule has 0 heterocycles. The Labute approximate surface area is 119 Å². The molecule has 0 atom stereocenters. The van der Waals surface area contributed by atoms with Crippen LogP contribution in [0.25, 0.3) is 0 Å². The zero-order valence-corrected chi connectivity index (χ0v) is 12.0. The fourth-order valence-electron chi connectivity index (χ4n) is 1.44. The lowest BCUT2D eigenvalue weighted by molar-refractivity contribution is 0.126. The van der Waals surface area contributed by atoms with E-state index in [1.807, 2.05) is 0 Å². The highest BCUT2D eigenvalue weighted by molar-refractivity contribution is 9.10. The van der Waals surface area contributed by atoms with Gasteiger partial charge in [-0.05, 0) is 18.2 Å². The maximum Gasteiger partial charge on any atom is 0.321 e. The lowest BCUT2D eigenvalue weighted by atomic mass is 10.2. The van der Waals surface area contributed by atoms with Crippen LogP contribution in [0.3, 0.4) is 0 Å². The number of nitrogens with zero attached hydrogens (tertiary/aromatic N) is 1. The Bertz CT molecular complexity index is 441. The summed E-state index contributed by atoms with van der Waals surface area (Å²) in [4.78, 5) is 13.1. The van der Waals surface area contributed by atoms with Gasteiger partial charge < -0.3 is 20.4 Å². The first-order chi connectivity index (χ1) is 8.97. The first-order valence-electron chi connectivity index (χ1n) is 5.66. The number of nitrogens with one attached hydrogen (secondary N) is 1. The number of anilines is 1. The number of carbonyl (C=O) groups excluding carboxylic acids is 1. The number of urea groups is 1. The third kappa shape index (κ3) is 4.77. The van der Waals surface area contributed by atoms with E-state index >= 15 is 0 Å². The third-order valence-electron chi connectivity index (χ3n) is 2.57. The highest BCUT2D eigenvalue weighted by Gasteiger charge is 2.15. The molecule has 0 saturated carbocycles. The fraction of sp³-hybridized carbons (Fsp3) is 0.417. The molecule has 0 saturated heterocycles. The van der Waals surface area contributed by atoms with E-state index < -0.39 is 17.8 Å². The Hall–Kier alpha value is -1.18. The molecule has 0 aliphatic heterocycles. The van der Waals surface area contributed by atoms with Gasteiger partial charge in [0.05, 0.1) is 5.69 Å². The molecule has 7 heteroatoms. The van der Waals surface area contributed by atoms with Crippen molar-refractivity contribution >= 4 is 27.6 Å². The molecule has 5 nitrogen and oxygen atoms in total. The number of hydrogen-bond donors (Lipinski definition) is 3. The van der Waals surface area contributed by atoms with Crippen LogP contribution < -0.4 is 5.32 Å². The lowest BCUT2D eigenvalue weighted by Crippen LogP contribution is -2.37. The summed E-state index contributed by atoms with van der Waals surface area (Å²) >= 11 is 3.12. The van der Waals surface area contributed by atoms with Crippen LogP contribution in [-0.2, 0) is 0 Å². The summed E-state index contributed by atoms with van der Waals surface area (Å²) in [5, 5.41) is 20.3. The van der Waals surface area contributed by atoms with E-state index in [2.05, 4.69) is 21.2 Å². The van der Waals surface area contributed by atoms with Crippen molar-refractivity contribution in [2.24, 2.45) is 5.92 Å². The number of hydrogen-bond acceptors (Lipinski definition) is 3. The van der Waals surface area contributed by atoms with Gasteiger partial charge >= 0.3 is 6.03 Å². The van der Waals surface area contributed by atoms with Gasteiger partial charge in [-0.1, -0.05) is 15.9 Å². The van der Waals surface area contributed by atoms with E-state index in [0.717, 1.165) is 0 Å². The third-order valence-corrected chi connectivity index (χ3v) is 3.06. The highest BCUT2D eigenvalue weighted by Crippen LogP contribution is 2.19. The van der Waals surface area contributed by atoms with Crippen molar-refractivity contribution in [2.75, 3.05) is 32.1 Å². The summed E-state index contributed by atoms with van der Waals surface area (Å²) in [6.07, 6.45) is 0. The van der Waals surface area contributed by atoms with Gasteiger partial charge in [0.1, 0.15) is 5.82 Å². The molecule has 19 heavy (non-hydrogen) atoms. The fourth-order valence-corrected chi connectivity index (χ4v) is 1.78. The van der Waals surface area contributed by atoms with E-state index in [4.69, 9.17) is 10.2 Å². The second-order valence-electron chi connectivity index (χ2n) is 4.17. The van der Waals surface area contributed by atoms with Crippen molar-refractivity contribution in [1.29, 1.82) is 0 Å². The summed E-state index contributed by atoms with van der Waals surface area (Å²) in [6, 6.07) is 3.80. The van der Waals surface area contributed by atoms with Gasteiger partial charge in [-0.15, -0.1) is 0 Å². The molecule has 0 radical (unpaired) electrons. The number of halogens is 2. The van der Waals surface area contributed by atoms with E-state index in [1.54, 1.807) is 6.07 Å². The molecule has 0 aliphatic rings. The van der Waals surface area contributed by atoms with Crippen molar-refractivity contribution in [2.45, 2.75) is 0 Å². The monoisotopic (exact) mass is 334 g/mol. The van der Waals surface area contributed by atoms with Crippen LogP contribution in [0.15, 0.2) is 22.7 Å². The number of aliphatic hydroxyl groups excluding tert-OH is 2. The largest absolute Gasteiger partial charge is 0.396 e. The van der Waals surface area contributed by atoms with Crippen molar-refractivity contribution in [3.05, 3.63) is 28.5 Å². The van der Waals surface area contributed by atoms with Crippen LogP contribution in [0.4, 0.5) is 14.9 Å². The second kappa shape index (κ2) is 7.42. The number of rotatable bonds is 5. The van der Waals surface area contributed by atoms with E-state index in [-0.39, 0.29) is 25.4 Å². The molecule has 1 rings (SSSR count). The van der Waals surface area contributed by atoms with Gasteiger partial charge in [0.2, 0.25) is 0 Å². The second-order valence-corrected chi connectivity index (χ2v) is 5.08. The topological polar surface area (TPSA) is 72.8 Å². The van der Waals surface area contributed by atoms with Crippen molar-refractivity contribution in [1.82, 2.24) is 4.90 Å². The zero-order chi connectivity index (χ0) is 14.4. The normalized spacial score (nSPS) is 10.6. The lowest BCUT2D eigenvalue weighted by Gasteiger charge is -2.22. The molecule has 3 N–H and O–H groups in total. The number of benzene rings is 1. The Morgan fingerprint density at radius 3 is 2.63 bits per heavy atom. The molecule has 0 fully saturated rings. The van der Waals surface area contributed by atoms with Crippen LogP contribution in [0.2, 0.25) is 0 Å². The smallest absolute Gasteiger partial charge is 0.321 e. The van der Waals surface area contributed by atoms with Crippen LogP contribution in [0.1, 0.15) is 0 Å². The summed E-state index contributed by atoms with van der Waals surface area (Å²) < 4.78 is 14.1. The number of carbonyl (C=O) groups is 1. The molecule has 1 aromatic rings. The number of aliphatic hydroxyl groups is 2. The summed E-state index contributed by atoms with van der Waals surface area (Å²) in [7, 11) is 1.50. The predicted molar refractivity (Wildman–Crippen MR) is 73.4 cm³/mol. The minimum atomic E-state index is -0.544. The van der Waals surface area contributed by atoms with Gasteiger partial charge in [0.15, 0.2) is 0 Å². The highest BCUT2D eigenvalue weighted by atomic mass is 79.9. The molecule has 0 unspecified atom stereocenters. The molecule has 106 valence electrons. The first-order valence-corrected chi connectivity index (χ1v) is 6.46. The van der Waals surface area contributed by atoms with Crippen LogP contribution >= 0.6 is 15.9 Å². The van der Waals surface area contributed by atoms with Crippen LogP contribution in [0, 0.1) is 11.7 Å². The van der Waals surface area contributed by atoms with Crippen molar-refractivity contribution in [3.8, 4) is 0 Å². The Kier molecular flexibility index (Phi) is 6.20. The van der Waals surface area contributed by atoms with E-state index in [0.29, 0.717) is 4.47 Å². The summed E-state index contributed by atoms with van der Waals surface area (Å²) in [5.74, 6) is -0.956. The Morgan fingerprint density at radius 1 is 1.47 bits per heavy atom. The Morgan fingerprint density at radius 2 is 2.11 bits per heavy atom. The summed E-state index contributed by atoms with van der Waals surface area (Å²) in [6.45, 7) is -0.265. The van der Waals surface area contributed by atoms with Gasteiger partial charge in [-0.3, -0.25) is 0 Å². The van der Waals surface area contributed by atoms with Gasteiger partial charge in [0, 0.05) is 37.2 Å². The molecule has 1 aromatic carbocycles. The standard InChI is InChI=1S/C12H16BrFN2O3/c1-16(5-8(6-17)7-18)12(19)15-11-3-2-9(13)4-10(11)14/h2-4,8,17-18H,5-7H2,1H3,(H,15,19). The predicted octanol–water partition coefficient (Wildman–Crippen LogP) is 1.65. The number of amides is 2. The van der Waals surface area contributed by atoms with E-state index in [1.165, 1.54) is 24.1 Å². The Balaban J connectivity index is 2.63. The zero-order valence-electron chi connectivity index (χ0n) is 10.4. The molecular formula is C12H16BrFN2O3. The maximum atomic E-state index is 13.5. The average Bonchev–Trinajstić information content (AvgIpc) is 2.38. The average molecular weight is 335 g/mol. The minimum Gasteiger partial charge on any atom is -0.396 e. The van der Waals surface area contributed by atoms with Gasteiger partial charge in [0.25, 0.3) is 0 Å². The van der Waals surface area contributed by atoms with Crippen molar-refractivity contribution < 1.29 is 19.4 Å². The van der Waals surface area contributed by atoms with E-state index in [9.17, 15) is 9.18 Å². The van der Waals surface area contributed by atoms with Crippen LogP contribution in [0.5, 0.6) is 0 Å². The molecule has 0 bridgehead atoms. The van der Waals surface area contributed by atoms with Gasteiger partial charge in [-0.25, -0.2) is 9.18 Å². The van der Waals surface area contributed by atoms with Crippen molar-refractivity contribution in [3.63, 3.8) is 0 Å². The minimum absolute atomic E-state index is 0.0737. The van der Waals surface area contributed by atoms with Gasteiger partial charge in [-0.2, -0.15) is 0 Å².